The van der Waals surface area contributed by atoms with Gasteiger partial charge >= 0.3 is 6.09 Å². The van der Waals surface area contributed by atoms with Crippen molar-refractivity contribution in [1.82, 2.24) is 5.32 Å². The molecule has 1 N–H and O–H groups in total. The van der Waals surface area contributed by atoms with Gasteiger partial charge in [0.1, 0.15) is 5.60 Å². The van der Waals surface area contributed by atoms with Crippen molar-refractivity contribution in [2.45, 2.75) is 70.7 Å². The monoisotopic (exact) mass is 383 g/mol. The zero-order valence-corrected chi connectivity index (χ0v) is 14.6. The minimum Gasteiger partial charge on any atom is -0.444 e. The number of alkyl halides is 1. The molecule has 0 saturated heterocycles. The highest BCUT2D eigenvalue weighted by atomic mass is 127. The van der Waals surface area contributed by atoms with Gasteiger partial charge < -0.3 is 14.8 Å². The van der Waals surface area contributed by atoms with Crippen LogP contribution in [0, 0.1) is 0 Å². The molecule has 1 rings (SSSR count). The van der Waals surface area contributed by atoms with Gasteiger partial charge in [-0.25, -0.2) is 4.79 Å². The fourth-order valence-electron chi connectivity index (χ4n) is 2.10. The van der Waals surface area contributed by atoms with Crippen molar-refractivity contribution >= 4 is 28.7 Å². The van der Waals surface area contributed by atoms with E-state index in [1.807, 2.05) is 20.8 Å². The van der Waals surface area contributed by atoms with E-state index in [0.717, 1.165) is 17.3 Å². The van der Waals surface area contributed by atoms with Gasteiger partial charge in [0.15, 0.2) is 0 Å². The Kier molecular flexibility index (Phi) is 6.36. The SMILES string of the molecule is CC(C)(C)OC(=O)NCC(C)(CI)OC1CCCC1. The second kappa shape index (κ2) is 7.11. The quantitative estimate of drug-likeness (QED) is 0.582. The fraction of sp³-hybridized carbons (Fsp3) is 0.929. The first-order valence-electron chi connectivity index (χ1n) is 6.95. The summed E-state index contributed by atoms with van der Waals surface area (Å²) in [6, 6.07) is 0. The van der Waals surface area contributed by atoms with Crippen molar-refractivity contribution in [3.05, 3.63) is 0 Å². The second-order valence-electron chi connectivity index (χ2n) is 6.46. The van der Waals surface area contributed by atoms with Crippen LogP contribution in [0.3, 0.4) is 0 Å². The number of carbonyl (C=O) groups excluding carboxylic acids is 1. The van der Waals surface area contributed by atoms with Crippen LogP contribution in [0.1, 0.15) is 53.4 Å². The van der Waals surface area contributed by atoms with E-state index in [0.29, 0.717) is 12.6 Å². The number of nitrogens with one attached hydrogen (secondary N) is 1. The van der Waals surface area contributed by atoms with Crippen molar-refractivity contribution < 1.29 is 14.3 Å². The minimum atomic E-state index is -0.461. The number of carbonyl (C=O) groups is 1. The molecule has 1 unspecified atom stereocenters. The summed E-state index contributed by atoms with van der Waals surface area (Å²) in [7, 11) is 0. The molecular formula is C14H26INO3. The lowest BCUT2D eigenvalue weighted by molar-refractivity contribution is -0.0620. The van der Waals surface area contributed by atoms with Crippen molar-refractivity contribution in [2.75, 3.05) is 11.0 Å². The van der Waals surface area contributed by atoms with Crippen LogP contribution < -0.4 is 5.32 Å². The number of rotatable bonds is 5. The van der Waals surface area contributed by atoms with Crippen molar-refractivity contribution in [1.29, 1.82) is 0 Å². The number of alkyl carbamates (subject to hydrolysis) is 1. The predicted molar refractivity (Wildman–Crippen MR) is 84.9 cm³/mol. The summed E-state index contributed by atoms with van der Waals surface area (Å²) in [4.78, 5) is 11.7. The molecule has 0 bridgehead atoms. The standard InChI is InChI=1S/C14H26INO3/c1-13(2,3)19-12(17)16-10-14(4,9-15)18-11-7-5-6-8-11/h11H,5-10H2,1-4H3,(H,16,17). The molecule has 5 heteroatoms. The molecule has 0 spiro atoms. The molecule has 4 nitrogen and oxygen atoms in total. The van der Waals surface area contributed by atoms with Crippen LogP contribution in [0.25, 0.3) is 0 Å². The summed E-state index contributed by atoms with van der Waals surface area (Å²) in [5.41, 5.74) is -0.774. The topological polar surface area (TPSA) is 47.6 Å². The molecule has 0 radical (unpaired) electrons. The minimum absolute atomic E-state index is 0.313. The maximum absolute atomic E-state index is 11.7. The van der Waals surface area contributed by atoms with E-state index < -0.39 is 5.60 Å². The summed E-state index contributed by atoms with van der Waals surface area (Å²) in [5, 5.41) is 2.81. The number of hydrogen-bond acceptors (Lipinski definition) is 3. The van der Waals surface area contributed by atoms with E-state index in [4.69, 9.17) is 9.47 Å². The molecule has 0 aliphatic heterocycles. The van der Waals surface area contributed by atoms with Gasteiger partial charge in [0, 0.05) is 4.43 Å². The van der Waals surface area contributed by atoms with Crippen molar-refractivity contribution in [3.8, 4) is 0 Å². The van der Waals surface area contributed by atoms with E-state index >= 15 is 0 Å². The van der Waals surface area contributed by atoms with Crippen LogP contribution in [0.15, 0.2) is 0 Å². The Balaban J connectivity index is 2.39. The van der Waals surface area contributed by atoms with Gasteiger partial charge in [0.25, 0.3) is 0 Å². The normalized spacial score (nSPS) is 20.1. The molecule has 1 atom stereocenters. The third-order valence-corrected chi connectivity index (χ3v) is 4.66. The van der Waals surface area contributed by atoms with Gasteiger partial charge in [0.2, 0.25) is 0 Å². The molecular weight excluding hydrogens is 357 g/mol. The lowest BCUT2D eigenvalue weighted by Crippen LogP contribution is -2.47. The third kappa shape index (κ3) is 6.79. The van der Waals surface area contributed by atoms with Crippen LogP contribution in [0.4, 0.5) is 4.79 Å². The van der Waals surface area contributed by atoms with E-state index in [9.17, 15) is 4.79 Å². The van der Waals surface area contributed by atoms with Crippen molar-refractivity contribution in [2.24, 2.45) is 0 Å². The molecule has 1 aliphatic rings. The Labute approximate surface area is 130 Å². The maximum Gasteiger partial charge on any atom is 0.407 e. The van der Waals surface area contributed by atoms with Crippen LogP contribution in [-0.4, -0.2) is 34.4 Å². The summed E-state index contributed by atoms with van der Waals surface area (Å²) in [5.74, 6) is 0. The Bertz CT molecular complexity index is 298. The Morgan fingerprint density at radius 1 is 1.26 bits per heavy atom. The van der Waals surface area contributed by atoms with Gasteiger partial charge in [0.05, 0.1) is 18.2 Å². The van der Waals surface area contributed by atoms with E-state index in [1.54, 1.807) is 0 Å². The van der Waals surface area contributed by atoms with Gasteiger partial charge in [-0.05, 0) is 40.5 Å². The summed E-state index contributed by atoms with van der Waals surface area (Å²) >= 11 is 2.31. The smallest absolute Gasteiger partial charge is 0.407 e. The van der Waals surface area contributed by atoms with Gasteiger partial charge in [-0.1, -0.05) is 35.4 Å². The largest absolute Gasteiger partial charge is 0.444 e. The number of ether oxygens (including phenoxy) is 2. The fourth-order valence-corrected chi connectivity index (χ4v) is 2.55. The molecule has 0 aromatic rings. The number of amides is 1. The van der Waals surface area contributed by atoms with Crippen LogP contribution in [-0.2, 0) is 9.47 Å². The van der Waals surface area contributed by atoms with Gasteiger partial charge in [-0.15, -0.1) is 0 Å². The second-order valence-corrected chi connectivity index (χ2v) is 7.23. The molecule has 19 heavy (non-hydrogen) atoms. The number of hydrogen-bond donors (Lipinski definition) is 1. The third-order valence-electron chi connectivity index (χ3n) is 3.04. The molecule has 1 fully saturated rings. The Morgan fingerprint density at radius 3 is 2.32 bits per heavy atom. The maximum atomic E-state index is 11.7. The average molecular weight is 383 g/mol. The first kappa shape index (κ1) is 17.0. The predicted octanol–water partition coefficient (Wildman–Crippen LogP) is 3.66. The van der Waals surface area contributed by atoms with Crippen LogP contribution >= 0.6 is 22.6 Å². The summed E-state index contributed by atoms with van der Waals surface area (Å²) < 4.78 is 12.2. The van der Waals surface area contributed by atoms with E-state index in [2.05, 4.69) is 34.8 Å². The molecule has 1 amide bonds. The van der Waals surface area contributed by atoms with Gasteiger partial charge in [-0.2, -0.15) is 0 Å². The van der Waals surface area contributed by atoms with Crippen LogP contribution in [0.2, 0.25) is 0 Å². The highest BCUT2D eigenvalue weighted by Crippen LogP contribution is 2.26. The average Bonchev–Trinajstić information content (AvgIpc) is 2.77. The zero-order valence-electron chi connectivity index (χ0n) is 12.4. The van der Waals surface area contributed by atoms with Crippen molar-refractivity contribution in [3.63, 3.8) is 0 Å². The lowest BCUT2D eigenvalue weighted by atomic mass is 10.1. The molecule has 0 aromatic carbocycles. The summed E-state index contributed by atoms with van der Waals surface area (Å²) in [6.07, 6.45) is 4.75. The molecule has 0 heterocycles. The highest BCUT2D eigenvalue weighted by molar-refractivity contribution is 14.1. The molecule has 1 aliphatic carbocycles. The highest BCUT2D eigenvalue weighted by Gasteiger charge is 2.30. The molecule has 1 saturated carbocycles. The Hall–Kier alpha value is -0.0400. The van der Waals surface area contributed by atoms with E-state index in [-0.39, 0.29) is 11.7 Å². The van der Waals surface area contributed by atoms with Gasteiger partial charge in [-0.3, -0.25) is 0 Å². The molecule has 0 aromatic heterocycles. The summed E-state index contributed by atoms with van der Waals surface area (Å²) in [6.45, 7) is 8.12. The molecule has 112 valence electrons. The van der Waals surface area contributed by atoms with Crippen LogP contribution in [0.5, 0.6) is 0 Å². The first-order valence-corrected chi connectivity index (χ1v) is 8.47. The van der Waals surface area contributed by atoms with E-state index in [1.165, 1.54) is 12.8 Å². The number of halogens is 1. The zero-order chi connectivity index (χ0) is 14.5. The lowest BCUT2D eigenvalue weighted by Gasteiger charge is -2.32. The first-order chi connectivity index (χ1) is 8.74. The Morgan fingerprint density at radius 2 is 1.84 bits per heavy atom.